The SMILES string of the molecule is CN(C(=O)c1nn(Cc2ccccc2)c(=O)c2ccccc12)c1ccccc1. The highest BCUT2D eigenvalue weighted by atomic mass is 16.2. The van der Waals surface area contributed by atoms with Crippen molar-refractivity contribution in [3.63, 3.8) is 0 Å². The van der Waals surface area contributed by atoms with Crippen molar-refractivity contribution >= 4 is 22.4 Å². The second-order valence-electron chi connectivity index (χ2n) is 6.54. The predicted octanol–water partition coefficient (Wildman–Crippen LogP) is 3.72. The average Bonchev–Trinajstić information content (AvgIpc) is 2.76. The molecule has 1 aromatic heterocycles. The molecule has 0 spiro atoms. The van der Waals surface area contributed by atoms with E-state index in [0.717, 1.165) is 11.3 Å². The van der Waals surface area contributed by atoms with E-state index in [0.29, 0.717) is 17.3 Å². The zero-order valence-electron chi connectivity index (χ0n) is 15.4. The van der Waals surface area contributed by atoms with Gasteiger partial charge in [0.2, 0.25) is 0 Å². The maximum Gasteiger partial charge on any atom is 0.279 e. The minimum atomic E-state index is -0.260. The number of aromatic nitrogens is 2. The van der Waals surface area contributed by atoms with Crippen molar-refractivity contribution in [1.29, 1.82) is 0 Å². The first-order chi connectivity index (χ1) is 13.6. The van der Waals surface area contributed by atoms with Crippen molar-refractivity contribution in [1.82, 2.24) is 9.78 Å². The molecule has 1 amide bonds. The number of para-hydroxylation sites is 1. The molecule has 0 fully saturated rings. The predicted molar refractivity (Wildman–Crippen MR) is 111 cm³/mol. The standard InChI is InChI=1S/C23H19N3O2/c1-25(18-12-6-3-7-13-18)23(28)21-19-14-8-9-15-20(19)22(27)26(24-21)16-17-10-4-2-5-11-17/h2-15H,16H2,1H3. The molecule has 0 saturated carbocycles. The number of carbonyl (C=O) groups excluding carboxylic acids is 1. The lowest BCUT2D eigenvalue weighted by molar-refractivity contribution is 0.0988. The van der Waals surface area contributed by atoms with Crippen LogP contribution in [0.5, 0.6) is 0 Å². The van der Waals surface area contributed by atoms with Crippen LogP contribution in [-0.4, -0.2) is 22.7 Å². The maximum absolute atomic E-state index is 13.2. The lowest BCUT2D eigenvalue weighted by atomic mass is 10.1. The number of hydrogen-bond acceptors (Lipinski definition) is 3. The fourth-order valence-corrected chi connectivity index (χ4v) is 3.18. The van der Waals surface area contributed by atoms with E-state index in [1.165, 1.54) is 4.68 Å². The fraction of sp³-hybridized carbons (Fsp3) is 0.0870. The molecule has 0 unspecified atom stereocenters. The monoisotopic (exact) mass is 369 g/mol. The molecule has 0 radical (unpaired) electrons. The average molecular weight is 369 g/mol. The Morgan fingerprint density at radius 1 is 0.857 bits per heavy atom. The van der Waals surface area contributed by atoms with Gasteiger partial charge in [0.15, 0.2) is 5.69 Å². The van der Waals surface area contributed by atoms with Gasteiger partial charge >= 0.3 is 0 Å². The van der Waals surface area contributed by atoms with Gasteiger partial charge in [-0.05, 0) is 23.8 Å². The zero-order chi connectivity index (χ0) is 19.5. The number of hydrogen-bond donors (Lipinski definition) is 0. The van der Waals surface area contributed by atoms with E-state index in [1.54, 1.807) is 30.1 Å². The Kier molecular flexibility index (Phi) is 4.72. The summed E-state index contributed by atoms with van der Waals surface area (Å²) in [4.78, 5) is 27.7. The van der Waals surface area contributed by atoms with Gasteiger partial charge in [0.25, 0.3) is 11.5 Å². The van der Waals surface area contributed by atoms with Crippen LogP contribution in [0.4, 0.5) is 5.69 Å². The molecule has 0 bridgehead atoms. The summed E-state index contributed by atoms with van der Waals surface area (Å²) in [5.41, 5.74) is 1.76. The van der Waals surface area contributed by atoms with Gasteiger partial charge < -0.3 is 4.90 Å². The number of anilines is 1. The maximum atomic E-state index is 13.2. The number of carbonyl (C=O) groups is 1. The fourth-order valence-electron chi connectivity index (χ4n) is 3.18. The Labute approximate surface area is 162 Å². The third kappa shape index (κ3) is 3.30. The smallest absolute Gasteiger partial charge is 0.279 e. The molecule has 0 aliphatic carbocycles. The van der Waals surface area contributed by atoms with E-state index in [1.807, 2.05) is 66.7 Å². The van der Waals surface area contributed by atoms with Gasteiger partial charge in [-0.1, -0.05) is 66.7 Å². The second kappa shape index (κ2) is 7.48. The van der Waals surface area contributed by atoms with Crippen LogP contribution in [0.15, 0.2) is 89.7 Å². The summed E-state index contributed by atoms with van der Waals surface area (Å²) in [5.74, 6) is -0.260. The number of benzene rings is 3. The third-order valence-electron chi connectivity index (χ3n) is 4.69. The Morgan fingerprint density at radius 3 is 2.11 bits per heavy atom. The summed E-state index contributed by atoms with van der Waals surface area (Å²) in [6.07, 6.45) is 0. The van der Waals surface area contributed by atoms with Gasteiger partial charge in [-0.2, -0.15) is 5.10 Å². The first-order valence-corrected chi connectivity index (χ1v) is 9.02. The highest BCUT2D eigenvalue weighted by Crippen LogP contribution is 2.19. The van der Waals surface area contributed by atoms with Crippen molar-refractivity contribution < 1.29 is 4.79 Å². The molecule has 5 heteroatoms. The highest BCUT2D eigenvalue weighted by Gasteiger charge is 2.20. The molecule has 3 aromatic carbocycles. The van der Waals surface area contributed by atoms with E-state index < -0.39 is 0 Å². The van der Waals surface area contributed by atoms with Crippen LogP contribution < -0.4 is 10.5 Å². The normalized spacial score (nSPS) is 10.8. The number of nitrogens with zero attached hydrogens (tertiary/aromatic N) is 3. The Balaban J connectivity index is 1.84. The van der Waals surface area contributed by atoms with Gasteiger partial charge in [-0.3, -0.25) is 9.59 Å². The molecule has 138 valence electrons. The van der Waals surface area contributed by atoms with Crippen molar-refractivity contribution in [2.75, 3.05) is 11.9 Å². The van der Waals surface area contributed by atoms with E-state index >= 15 is 0 Å². The van der Waals surface area contributed by atoms with Gasteiger partial charge in [0.1, 0.15) is 0 Å². The van der Waals surface area contributed by atoms with E-state index in [2.05, 4.69) is 5.10 Å². The van der Waals surface area contributed by atoms with Crippen molar-refractivity contribution in [2.45, 2.75) is 6.54 Å². The molecule has 0 saturated heterocycles. The van der Waals surface area contributed by atoms with Crippen LogP contribution >= 0.6 is 0 Å². The van der Waals surface area contributed by atoms with Crippen LogP contribution in [0.25, 0.3) is 10.8 Å². The van der Waals surface area contributed by atoms with Gasteiger partial charge in [-0.15, -0.1) is 0 Å². The zero-order valence-corrected chi connectivity index (χ0v) is 15.4. The van der Waals surface area contributed by atoms with Crippen LogP contribution in [0.1, 0.15) is 16.1 Å². The van der Waals surface area contributed by atoms with Crippen LogP contribution in [0.2, 0.25) is 0 Å². The molecule has 5 nitrogen and oxygen atoms in total. The van der Waals surface area contributed by atoms with Crippen molar-refractivity contribution in [3.8, 4) is 0 Å². The largest absolute Gasteiger partial charge is 0.310 e. The summed E-state index contributed by atoms with van der Waals surface area (Å²) in [7, 11) is 1.71. The molecule has 0 aliphatic rings. The molecule has 0 N–H and O–H groups in total. The van der Waals surface area contributed by atoms with Gasteiger partial charge in [0, 0.05) is 18.1 Å². The van der Waals surface area contributed by atoms with E-state index in [4.69, 9.17) is 0 Å². The first-order valence-electron chi connectivity index (χ1n) is 9.02. The topological polar surface area (TPSA) is 55.2 Å². The number of fused-ring (bicyclic) bond motifs is 1. The minimum absolute atomic E-state index is 0.210. The lowest BCUT2D eigenvalue weighted by Crippen LogP contribution is -2.32. The van der Waals surface area contributed by atoms with Crippen LogP contribution in [-0.2, 0) is 6.54 Å². The second-order valence-corrected chi connectivity index (χ2v) is 6.54. The molecular formula is C23H19N3O2. The van der Waals surface area contributed by atoms with E-state index in [9.17, 15) is 9.59 Å². The molecule has 28 heavy (non-hydrogen) atoms. The molecular weight excluding hydrogens is 350 g/mol. The molecule has 0 atom stereocenters. The summed E-state index contributed by atoms with van der Waals surface area (Å²) in [6, 6.07) is 26.1. The molecule has 4 aromatic rings. The summed E-state index contributed by atoms with van der Waals surface area (Å²) < 4.78 is 1.36. The highest BCUT2D eigenvalue weighted by molar-refractivity contribution is 6.12. The Hall–Kier alpha value is -3.73. The first kappa shape index (κ1) is 17.7. The number of amides is 1. The summed E-state index contributed by atoms with van der Waals surface area (Å²) in [5, 5.41) is 5.50. The van der Waals surface area contributed by atoms with Gasteiger partial charge in [-0.25, -0.2) is 4.68 Å². The third-order valence-corrected chi connectivity index (χ3v) is 4.69. The molecule has 1 heterocycles. The summed E-state index contributed by atoms with van der Waals surface area (Å²) >= 11 is 0. The van der Waals surface area contributed by atoms with E-state index in [-0.39, 0.29) is 17.2 Å². The minimum Gasteiger partial charge on any atom is -0.310 e. The lowest BCUT2D eigenvalue weighted by Gasteiger charge is -2.18. The molecule has 0 aliphatic heterocycles. The van der Waals surface area contributed by atoms with Gasteiger partial charge in [0.05, 0.1) is 11.9 Å². The summed E-state index contributed by atoms with van der Waals surface area (Å²) in [6.45, 7) is 0.305. The number of rotatable bonds is 4. The van der Waals surface area contributed by atoms with Crippen molar-refractivity contribution in [2.24, 2.45) is 0 Å². The molecule has 4 rings (SSSR count). The van der Waals surface area contributed by atoms with Crippen LogP contribution in [0, 0.1) is 0 Å². The quantitative estimate of drug-likeness (QED) is 0.551. The van der Waals surface area contributed by atoms with Crippen molar-refractivity contribution in [3.05, 3.63) is 107 Å². The Morgan fingerprint density at radius 2 is 1.43 bits per heavy atom. The Bertz CT molecular complexity index is 1180. The van der Waals surface area contributed by atoms with Crippen LogP contribution in [0.3, 0.4) is 0 Å².